The van der Waals surface area contributed by atoms with Gasteiger partial charge in [0.25, 0.3) is 0 Å². The van der Waals surface area contributed by atoms with Crippen LogP contribution in [0.3, 0.4) is 0 Å². The Morgan fingerprint density at radius 2 is 2.12 bits per heavy atom. The molecule has 146 valence electrons. The molecule has 0 atom stereocenters. The number of carbonyl (C=O) groups is 1. The average Bonchev–Trinajstić information content (AvgIpc) is 2.64. The second kappa shape index (κ2) is 11.9. The summed E-state index contributed by atoms with van der Waals surface area (Å²) in [5.74, 6) is 0.834. The van der Waals surface area contributed by atoms with Crippen LogP contribution in [-0.4, -0.2) is 56.7 Å². The van der Waals surface area contributed by atoms with Crippen molar-refractivity contribution in [2.24, 2.45) is 10.9 Å². The average molecular weight is 479 g/mol. The molecule has 0 spiro atoms. The summed E-state index contributed by atoms with van der Waals surface area (Å²) in [6, 6.07) is 6.07. The molecule has 0 radical (unpaired) electrons. The summed E-state index contributed by atoms with van der Waals surface area (Å²) >= 11 is 0. The van der Waals surface area contributed by atoms with Crippen LogP contribution in [0.2, 0.25) is 0 Å². The first-order chi connectivity index (χ1) is 12.1. The number of nitrogens with zero attached hydrogens (tertiary/aromatic N) is 2. The third-order valence-corrected chi connectivity index (χ3v) is 4.08. The number of nitrogens with one attached hydrogen (secondary N) is 1. The topological polar surface area (TPSA) is 63.2 Å². The summed E-state index contributed by atoms with van der Waals surface area (Å²) in [7, 11) is 1.43. The lowest BCUT2D eigenvalue weighted by Crippen LogP contribution is -2.46. The Hall–Kier alpha value is -1.58. The number of esters is 1. The SMILES string of the molecule is CCNC(=NCCOc1cccc(F)c1)N1CCC(C(=O)OC)CC1.I. The van der Waals surface area contributed by atoms with Crippen LogP contribution in [0.4, 0.5) is 4.39 Å². The number of likely N-dealkylation sites (tertiary alicyclic amines) is 1. The molecule has 0 unspecified atom stereocenters. The van der Waals surface area contributed by atoms with Gasteiger partial charge in [0, 0.05) is 25.7 Å². The second-order valence-electron chi connectivity index (χ2n) is 5.83. The van der Waals surface area contributed by atoms with Crippen molar-refractivity contribution >= 4 is 35.9 Å². The van der Waals surface area contributed by atoms with Crippen molar-refractivity contribution in [3.8, 4) is 5.75 Å². The fourth-order valence-electron chi connectivity index (χ4n) is 2.79. The van der Waals surface area contributed by atoms with Crippen LogP contribution in [0.25, 0.3) is 0 Å². The van der Waals surface area contributed by atoms with Crippen LogP contribution in [0.1, 0.15) is 19.8 Å². The molecule has 1 heterocycles. The Bertz CT molecular complexity index is 593. The minimum Gasteiger partial charge on any atom is -0.492 e. The quantitative estimate of drug-likeness (QED) is 0.224. The zero-order valence-corrected chi connectivity index (χ0v) is 17.6. The van der Waals surface area contributed by atoms with Gasteiger partial charge in [0.2, 0.25) is 0 Å². The maximum absolute atomic E-state index is 13.1. The first-order valence-electron chi connectivity index (χ1n) is 8.63. The number of hydrogen-bond donors (Lipinski definition) is 1. The fourth-order valence-corrected chi connectivity index (χ4v) is 2.79. The van der Waals surface area contributed by atoms with Gasteiger partial charge in [-0.2, -0.15) is 0 Å². The molecule has 26 heavy (non-hydrogen) atoms. The van der Waals surface area contributed by atoms with Gasteiger partial charge in [-0.3, -0.25) is 4.79 Å². The minimum absolute atomic E-state index is 0. The molecule has 0 amide bonds. The maximum Gasteiger partial charge on any atom is 0.308 e. The summed E-state index contributed by atoms with van der Waals surface area (Å²) < 4.78 is 23.4. The van der Waals surface area contributed by atoms with Crippen LogP contribution in [-0.2, 0) is 9.53 Å². The predicted molar refractivity (Wildman–Crippen MR) is 110 cm³/mol. The Morgan fingerprint density at radius 3 is 2.73 bits per heavy atom. The van der Waals surface area contributed by atoms with E-state index < -0.39 is 0 Å². The largest absolute Gasteiger partial charge is 0.492 e. The first kappa shape index (κ1) is 22.5. The standard InChI is InChI=1S/C18H26FN3O3.HI/c1-3-20-18(22-10-7-14(8-11-22)17(23)24-2)21-9-12-25-16-6-4-5-15(19)13-16;/h4-6,13-14H,3,7-12H2,1-2H3,(H,20,21);1H. The molecule has 6 nitrogen and oxygen atoms in total. The Kier molecular flexibility index (Phi) is 10.3. The highest BCUT2D eigenvalue weighted by molar-refractivity contribution is 14.0. The number of ether oxygens (including phenoxy) is 2. The molecule has 1 saturated heterocycles. The van der Waals surface area contributed by atoms with E-state index in [4.69, 9.17) is 9.47 Å². The maximum atomic E-state index is 13.1. The highest BCUT2D eigenvalue weighted by Crippen LogP contribution is 2.18. The molecule has 1 N–H and O–H groups in total. The van der Waals surface area contributed by atoms with Gasteiger partial charge < -0.3 is 19.7 Å². The smallest absolute Gasteiger partial charge is 0.308 e. The van der Waals surface area contributed by atoms with E-state index in [-0.39, 0.29) is 41.7 Å². The first-order valence-corrected chi connectivity index (χ1v) is 8.63. The van der Waals surface area contributed by atoms with Crippen molar-refractivity contribution < 1.29 is 18.7 Å². The van der Waals surface area contributed by atoms with E-state index in [0.717, 1.165) is 38.4 Å². The molecule has 8 heteroatoms. The fraction of sp³-hybridized carbons (Fsp3) is 0.556. The van der Waals surface area contributed by atoms with E-state index >= 15 is 0 Å². The normalized spacial score (nSPS) is 15.2. The molecular formula is C18H27FIN3O3. The van der Waals surface area contributed by atoms with Gasteiger partial charge >= 0.3 is 5.97 Å². The minimum atomic E-state index is -0.317. The van der Waals surface area contributed by atoms with E-state index in [1.54, 1.807) is 12.1 Å². The van der Waals surface area contributed by atoms with E-state index in [1.165, 1.54) is 19.2 Å². The van der Waals surface area contributed by atoms with Gasteiger partial charge in [-0.05, 0) is 31.9 Å². The molecule has 2 rings (SSSR count). The molecule has 1 fully saturated rings. The lowest BCUT2D eigenvalue weighted by molar-refractivity contribution is -0.146. The monoisotopic (exact) mass is 479 g/mol. The zero-order valence-electron chi connectivity index (χ0n) is 15.2. The van der Waals surface area contributed by atoms with E-state index in [0.29, 0.717) is 18.9 Å². The number of piperidine rings is 1. The van der Waals surface area contributed by atoms with Gasteiger partial charge in [-0.1, -0.05) is 6.07 Å². The number of halogens is 2. The number of methoxy groups -OCH3 is 1. The summed E-state index contributed by atoms with van der Waals surface area (Å²) in [5.41, 5.74) is 0. The molecule has 0 aromatic heterocycles. The number of aliphatic imine (C=N–C) groups is 1. The highest BCUT2D eigenvalue weighted by Gasteiger charge is 2.26. The predicted octanol–water partition coefficient (Wildman–Crippen LogP) is 2.67. The number of carbonyl (C=O) groups excluding carboxylic acids is 1. The molecule has 1 aromatic carbocycles. The summed E-state index contributed by atoms with van der Waals surface area (Å²) in [4.78, 5) is 18.3. The number of hydrogen-bond acceptors (Lipinski definition) is 4. The second-order valence-corrected chi connectivity index (χ2v) is 5.83. The van der Waals surface area contributed by atoms with E-state index in [1.807, 2.05) is 6.92 Å². The summed E-state index contributed by atoms with van der Waals surface area (Å²) in [5, 5.41) is 3.26. The molecular weight excluding hydrogens is 452 g/mol. The molecule has 1 aromatic rings. The van der Waals surface area contributed by atoms with Gasteiger partial charge in [0.1, 0.15) is 18.2 Å². The lowest BCUT2D eigenvalue weighted by Gasteiger charge is -2.33. The zero-order chi connectivity index (χ0) is 18.1. The molecule has 0 saturated carbocycles. The Labute approximate surface area is 171 Å². The van der Waals surface area contributed by atoms with E-state index in [9.17, 15) is 9.18 Å². The molecule has 1 aliphatic rings. The van der Waals surface area contributed by atoms with Crippen molar-refractivity contribution in [2.45, 2.75) is 19.8 Å². The summed E-state index contributed by atoms with van der Waals surface area (Å²) in [6.07, 6.45) is 1.52. The van der Waals surface area contributed by atoms with Gasteiger partial charge in [0.15, 0.2) is 5.96 Å². The van der Waals surface area contributed by atoms with Crippen LogP contribution in [0.5, 0.6) is 5.75 Å². The van der Waals surface area contributed by atoms with Crippen LogP contribution < -0.4 is 10.1 Å². The summed E-state index contributed by atoms with van der Waals surface area (Å²) in [6.45, 7) is 5.14. The van der Waals surface area contributed by atoms with Gasteiger partial charge in [-0.25, -0.2) is 9.38 Å². The van der Waals surface area contributed by atoms with Gasteiger partial charge in [0.05, 0.1) is 19.6 Å². The van der Waals surface area contributed by atoms with Crippen LogP contribution in [0.15, 0.2) is 29.3 Å². The lowest BCUT2D eigenvalue weighted by atomic mass is 9.97. The third kappa shape index (κ3) is 6.97. The molecule has 0 aliphatic carbocycles. The van der Waals surface area contributed by atoms with E-state index in [2.05, 4.69) is 15.2 Å². The number of benzene rings is 1. The molecule has 1 aliphatic heterocycles. The highest BCUT2D eigenvalue weighted by atomic mass is 127. The third-order valence-electron chi connectivity index (χ3n) is 4.08. The van der Waals surface area contributed by atoms with Crippen LogP contribution in [0, 0.1) is 11.7 Å². The number of guanidine groups is 1. The van der Waals surface area contributed by atoms with Crippen molar-refractivity contribution in [2.75, 3.05) is 39.9 Å². The van der Waals surface area contributed by atoms with Crippen molar-refractivity contribution in [3.05, 3.63) is 30.1 Å². The Balaban J connectivity index is 0.00000338. The van der Waals surface area contributed by atoms with Crippen molar-refractivity contribution in [1.82, 2.24) is 10.2 Å². The molecule has 0 bridgehead atoms. The van der Waals surface area contributed by atoms with Gasteiger partial charge in [-0.15, -0.1) is 24.0 Å². The number of rotatable bonds is 6. The van der Waals surface area contributed by atoms with Crippen molar-refractivity contribution in [3.63, 3.8) is 0 Å². The van der Waals surface area contributed by atoms with Crippen molar-refractivity contribution in [1.29, 1.82) is 0 Å². The van der Waals surface area contributed by atoms with Crippen LogP contribution >= 0.6 is 24.0 Å². The Morgan fingerprint density at radius 1 is 1.38 bits per heavy atom.